The average molecular weight is 645 g/mol. The van der Waals surface area contributed by atoms with Crippen LogP contribution in [-0.2, 0) is 27.2 Å². The van der Waals surface area contributed by atoms with Crippen molar-refractivity contribution in [2.45, 2.75) is 59.4 Å². The monoisotopic (exact) mass is 644 g/mol. The van der Waals surface area contributed by atoms with Crippen molar-refractivity contribution in [2.24, 2.45) is 5.10 Å². The van der Waals surface area contributed by atoms with Crippen LogP contribution >= 0.6 is 11.3 Å². The number of thiophene rings is 1. The van der Waals surface area contributed by atoms with Gasteiger partial charge in [0.2, 0.25) is 0 Å². The number of carbonyl (C=O) groups excluding carboxylic acids is 3. The largest absolute Gasteiger partial charge is 0.493 e. The standard InChI is InChI=1S/C33H36N6O6S/c1-6-44-32(41)29-19(3)36-33(42)37-30(29)21-11-12-25(26(14-21)43-5)45-17-28(40)38-35-16-22-13-18(2)39(20(22)4)31-24(15-34)23-9-7-8-10-27(23)46-31/h11-14,16,30H,6-10,17H2,1-5H3,(H,38,40)(H2,36,37,42)/b35-16-/t30-/m1/s1. The van der Waals surface area contributed by atoms with Gasteiger partial charge in [-0.1, -0.05) is 6.07 Å². The van der Waals surface area contributed by atoms with Gasteiger partial charge in [-0.3, -0.25) is 4.79 Å². The summed E-state index contributed by atoms with van der Waals surface area (Å²) >= 11 is 1.69. The number of ether oxygens (including phenoxy) is 3. The minimum absolute atomic E-state index is 0.185. The smallest absolute Gasteiger partial charge is 0.338 e. The molecule has 0 fully saturated rings. The van der Waals surface area contributed by atoms with E-state index in [1.54, 1.807) is 49.6 Å². The number of hydrogen-bond donors (Lipinski definition) is 3. The molecule has 0 saturated carbocycles. The molecule has 12 nitrogen and oxygen atoms in total. The number of nitrogens with zero attached hydrogens (tertiary/aromatic N) is 3. The minimum Gasteiger partial charge on any atom is -0.493 e. The molecule has 1 aliphatic carbocycles. The van der Waals surface area contributed by atoms with Gasteiger partial charge >= 0.3 is 12.0 Å². The summed E-state index contributed by atoms with van der Waals surface area (Å²) < 4.78 is 18.5. The molecule has 0 spiro atoms. The quantitative estimate of drug-likeness (QED) is 0.165. The van der Waals surface area contributed by atoms with Gasteiger partial charge in [-0.2, -0.15) is 10.4 Å². The Morgan fingerprint density at radius 1 is 1.20 bits per heavy atom. The van der Waals surface area contributed by atoms with E-state index in [1.807, 2.05) is 19.9 Å². The third kappa shape index (κ3) is 6.48. The lowest BCUT2D eigenvalue weighted by molar-refractivity contribution is -0.139. The highest BCUT2D eigenvalue weighted by atomic mass is 32.1. The molecule has 0 radical (unpaired) electrons. The van der Waals surface area contributed by atoms with Crippen LogP contribution in [0, 0.1) is 25.2 Å². The zero-order valence-electron chi connectivity index (χ0n) is 26.4. The van der Waals surface area contributed by atoms with Gasteiger partial charge in [0.15, 0.2) is 18.1 Å². The molecule has 1 aliphatic heterocycles. The third-order valence-corrected chi connectivity index (χ3v) is 9.25. The Morgan fingerprint density at radius 2 is 1.98 bits per heavy atom. The summed E-state index contributed by atoms with van der Waals surface area (Å²) in [7, 11) is 1.45. The van der Waals surface area contributed by atoms with Gasteiger partial charge in [-0.15, -0.1) is 11.3 Å². The maximum Gasteiger partial charge on any atom is 0.338 e. The lowest BCUT2D eigenvalue weighted by Gasteiger charge is -2.28. The highest BCUT2D eigenvalue weighted by Crippen LogP contribution is 2.38. The van der Waals surface area contributed by atoms with E-state index in [1.165, 1.54) is 17.6 Å². The minimum atomic E-state index is -0.771. The van der Waals surface area contributed by atoms with Crippen LogP contribution in [0.1, 0.15) is 71.2 Å². The number of amides is 3. The lowest BCUT2D eigenvalue weighted by atomic mass is 9.95. The first-order chi connectivity index (χ1) is 22.2. The molecule has 5 rings (SSSR count). The van der Waals surface area contributed by atoms with Crippen LogP contribution in [0.3, 0.4) is 0 Å². The number of nitriles is 1. The second-order valence-electron chi connectivity index (χ2n) is 10.9. The molecule has 1 aromatic carbocycles. The Morgan fingerprint density at radius 3 is 2.72 bits per heavy atom. The summed E-state index contributed by atoms with van der Waals surface area (Å²) in [5.41, 5.74) is 8.38. The fourth-order valence-electron chi connectivity index (χ4n) is 5.81. The fraction of sp³-hybridized carbons (Fsp3) is 0.364. The van der Waals surface area contributed by atoms with Crippen LogP contribution in [0.25, 0.3) is 5.00 Å². The Kier molecular flexibility index (Phi) is 9.77. The zero-order chi connectivity index (χ0) is 33.0. The first kappa shape index (κ1) is 32.3. The summed E-state index contributed by atoms with van der Waals surface area (Å²) in [6.07, 6.45) is 5.78. The number of hydrazone groups is 1. The topological polar surface area (TPSA) is 156 Å². The number of benzene rings is 1. The van der Waals surface area contributed by atoms with Crippen molar-refractivity contribution >= 4 is 35.5 Å². The number of aryl methyl sites for hydroxylation is 2. The van der Waals surface area contributed by atoms with Crippen molar-refractivity contribution in [3.63, 3.8) is 0 Å². The summed E-state index contributed by atoms with van der Waals surface area (Å²) in [6, 6.07) is 8.09. The Balaban J connectivity index is 1.25. The molecule has 240 valence electrons. The molecule has 46 heavy (non-hydrogen) atoms. The normalized spacial score (nSPS) is 15.9. The van der Waals surface area contributed by atoms with Gasteiger partial charge in [-0.25, -0.2) is 15.0 Å². The maximum absolute atomic E-state index is 12.6. The van der Waals surface area contributed by atoms with Crippen molar-refractivity contribution < 1.29 is 28.6 Å². The SMILES string of the molecule is CCOC(=O)C1=C(C)NC(=O)N[C@@H]1c1ccc(OCC(=O)N/N=C\c2cc(C)n(-c3sc4c(c3C#N)CCCC4)c2C)c(OC)c1. The summed E-state index contributed by atoms with van der Waals surface area (Å²) in [6.45, 7) is 7.14. The van der Waals surface area contributed by atoms with E-state index in [4.69, 9.17) is 14.2 Å². The molecule has 3 aromatic rings. The Bertz CT molecular complexity index is 1800. The predicted octanol–water partition coefficient (Wildman–Crippen LogP) is 4.63. The van der Waals surface area contributed by atoms with Crippen LogP contribution in [-0.4, -0.2) is 49.0 Å². The van der Waals surface area contributed by atoms with Gasteiger partial charge in [0.05, 0.1) is 37.1 Å². The van der Waals surface area contributed by atoms with Crippen LogP contribution in [0.4, 0.5) is 4.79 Å². The Labute approximate surface area is 271 Å². The number of carbonyl (C=O) groups is 3. The average Bonchev–Trinajstić information content (AvgIpc) is 3.54. The number of aromatic nitrogens is 1. The molecule has 3 N–H and O–H groups in total. The summed E-state index contributed by atoms with van der Waals surface area (Å²) in [5.74, 6) is -0.433. The molecular weight excluding hydrogens is 608 g/mol. The van der Waals surface area contributed by atoms with Crippen molar-refractivity contribution in [3.8, 4) is 22.6 Å². The number of methoxy groups -OCH3 is 1. The van der Waals surface area contributed by atoms with Gasteiger partial charge < -0.3 is 29.4 Å². The van der Waals surface area contributed by atoms with Gasteiger partial charge in [0.1, 0.15) is 11.1 Å². The van der Waals surface area contributed by atoms with Crippen LogP contribution in [0.2, 0.25) is 0 Å². The number of hydrogen-bond acceptors (Lipinski definition) is 9. The molecule has 0 bridgehead atoms. The number of nitrogens with one attached hydrogen (secondary N) is 3. The molecule has 0 unspecified atom stereocenters. The van der Waals surface area contributed by atoms with Gasteiger partial charge in [-0.05, 0) is 82.7 Å². The number of rotatable bonds is 10. The summed E-state index contributed by atoms with van der Waals surface area (Å²) in [4.78, 5) is 38.7. The van der Waals surface area contributed by atoms with E-state index in [9.17, 15) is 19.6 Å². The molecule has 2 aliphatic rings. The van der Waals surface area contributed by atoms with Crippen LogP contribution in [0.15, 0.2) is 40.6 Å². The fourth-order valence-corrected chi connectivity index (χ4v) is 7.26. The predicted molar refractivity (Wildman–Crippen MR) is 172 cm³/mol. The molecule has 3 amide bonds. The van der Waals surface area contributed by atoms with E-state index in [0.717, 1.165) is 53.2 Å². The number of esters is 1. The van der Waals surface area contributed by atoms with E-state index in [0.29, 0.717) is 22.8 Å². The molecule has 0 saturated heterocycles. The third-order valence-electron chi connectivity index (χ3n) is 7.98. The maximum atomic E-state index is 12.6. The van der Waals surface area contributed by atoms with Crippen LogP contribution in [0.5, 0.6) is 11.5 Å². The second-order valence-corrected chi connectivity index (χ2v) is 12.0. The highest BCUT2D eigenvalue weighted by Gasteiger charge is 2.32. The molecule has 1 atom stereocenters. The zero-order valence-corrected chi connectivity index (χ0v) is 27.2. The molecule has 2 aromatic heterocycles. The number of urea groups is 1. The van der Waals surface area contributed by atoms with E-state index >= 15 is 0 Å². The van der Waals surface area contributed by atoms with E-state index in [-0.39, 0.29) is 18.8 Å². The summed E-state index contributed by atoms with van der Waals surface area (Å²) in [5, 5.41) is 20.4. The number of allylic oxidation sites excluding steroid dienone is 1. The van der Waals surface area contributed by atoms with Gasteiger partial charge in [0, 0.05) is 27.5 Å². The first-order valence-corrected chi connectivity index (χ1v) is 15.8. The molecular formula is C33H36N6O6S. The molecule has 3 heterocycles. The first-order valence-electron chi connectivity index (χ1n) is 15.0. The van der Waals surface area contributed by atoms with Crippen molar-refractivity contribution in [1.29, 1.82) is 5.26 Å². The van der Waals surface area contributed by atoms with E-state index < -0.39 is 23.9 Å². The molecule has 13 heteroatoms. The highest BCUT2D eigenvalue weighted by molar-refractivity contribution is 7.15. The van der Waals surface area contributed by atoms with Gasteiger partial charge in [0.25, 0.3) is 5.91 Å². The number of fused-ring (bicyclic) bond motifs is 1. The van der Waals surface area contributed by atoms with Crippen molar-refractivity contribution in [2.75, 3.05) is 20.3 Å². The Hall–Kier alpha value is -5.09. The van der Waals surface area contributed by atoms with Crippen molar-refractivity contribution in [1.82, 2.24) is 20.6 Å². The van der Waals surface area contributed by atoms with Crippen molar-refractivity contribution in [3.05, 3.63) is 74.1 Å². The second kappa shape index (κ2) is 13.9. The van der Waals surface area contributed by atoms with Crippen LogP contribution < -0.4 is 25.5 Å². The van der Waals surface area contributed by atoms with E-state index in [2.05, 4.69) is 31.8 Å². The lowest BCUT2D eigenvalue weighted by Crippen LogP contribution is -2.45.